The fourth-order valence-corrected chi connectivity index (χ4v) is 1.16. The van der Waals surface area contributed by atoms with Crippen LogP contribution in [0, 0.1) is 0 Å². The van der Waals surface area contributed by atoms with Gasteiger partial charge in [-0.2, -0.15) is 0 Å². The zero-order valence-corrected chi connectivity index (χ0v) is 8.29. The smallest absolute Gasteiger partial charge is 0.0558 e. The van der Waals surface area contributed by atoms with Gasteiger partial charge in [-0.15, -0.1) is 6.58 Å². The van der Waals surface area contributed by atoms with Crippen LogP contribution >= 0.6 is 0 Å². The minimum absolute atomic E-state index is 0.238. The van der Waals surface area contributed by atoms with Gasteiger partial charge in [0.2, 0.25) is 0 Å². The molecule has 0 amide bonds. The molecular formula is C10H21NO. The second kappa shape index (κ2) is 7.32. The summed E-state index contributed by atoms with van der Waals surface area (Å²) in [5, 5.41) is 8.80. The molecule has 0 heterocycles. The first-order valence-electron chi connectivity index (χ1n) is 4.73. The molecular weight excluding hydrogens is 150 g/mol. The highest BCUT2D eigenvalue weighted by atomic mass is 16.3. The molecule has 0 aromatic rings. The molecule has 0 spiro atoms. The topological polar surface area (TPSA) is 23.5 Å². The fraction of sp³-hybridized carbons (Fsp3) is 0.800. The van der Waals surface area contributed by atoms with Gasteiger partial charge in [-0.1, -0.05) is 19.4 Å². The molecule has 2 nitrogen and oxygen atoms in total. The van der Waals surface area contributed by atoms with E-state index >= 15 is 0 Å². The number of aliphatic hydroxyl groups is 1. The highest BCUT2D eigenvalue weighted by molar-refractivity contribution is 4.83. The van der Waals surface area contributed by atoms with Crippen molar-refractivity contribution in [1.29, 1.82) is 0 Å². The van der Waals surface area contributed by atoms with Crippen molar-refractivity contribution < 1.29 is 5.11 Å². The lowest BCUT2D eigenvalue weighted by atomic mass is 10.2. The first-order chi connectivity index (χ1) is 5.76. The van der Waals surface area contributed by atoms with Crippen molar-refractivity contribution >= 4 is 0 Å². The first-order valence-corrected chi connectivity index (χ1v) is 4.73. The molecule has 2 heteroatoms. The molecule has 0 rings (SSSR count). The summed E-state index contributed by atoms with van der Waals surface area (Å²) in [6, 6.07) is 0.378. The Hall–Kier alpha value is -0.340. The molecule has 0 saturated carbocycles. The lowest BCUT2D eigenvalue weighted by Crippen LogP contribution is -2.34. The molecule has 12 heavy (non-hydrogen) atoms. The predicted octanol–water partition coefficient (Wildman–Crippen LogP) is 1.66. The van der Waals surface area contributed by atoms with Crippen LogP contribution in [0.1, 0.15) is 26.7 Å². The summed E-state index contributed by atoms with van der Waals surface area (Å²) >= 11 is 0. The molecule has 1 N–H and O–H groups in total. The van der Waals surface area contributed by atoms with Crippen LogP contribution in [0.15, 0.2) is 12.7 Å². The molecule has 0 radical (unpaired) electrons. The van der Waals surface area contributed by atoms with Gasteiger partial charge in [0.15, 0.2) is 0 Å². The van der Waals surface area contributed by atoms with Gasteiger partial charge < -0.3 is 5.11 Å². The molecule has 0 bridgehead atoms. The minimum Gasteiger partial charge on any atom is -0.395 e. The van der Waals surface area contributed by atoms with Crippen molar-refractivity contribution in [3.8, 4) is 0 Å². The third kappa shape index (κ3) is 4.52. The summed E-state index contributed by atoms with van der Waals surface area (Å²) in [6.45, 7) is 10.1. The van der Waals surface area contributed by atoms with Crippen LogP contribution in [-0.2, 0) is 0 Å². The van der Waals surface area contributed by atoms with Gasteiger partial charge in [0.05, 0.1) is 6.61 Å². The Morgan fingerprint density at radius 2 is 2.17 bits per heavy atom. The quantitative estimate of drug-likeness (QED) is 0.589. The van der Waals surface area contributed by atoms with E-state index in [0.717, 1.165) is 13.1 Å². The van der Waals surface area contributed by atoms with Crippen molar-refractivity contribution in [3.05, 3.63) is 12.7 Å². The number of unbranched alkanes of at least 4 members (excludes halogenated alkanes) is 1. The largest absolute Gasteiger partial charge is 0.395 e. The van der Waals surface area contributed by atoms with E-state index < -0.39 is 0 Å². The van der Waals surface area contributed by atoms with E-state index in [4.69, 9.17) is 5.11 Å². The average Bonchev–Trinajstić information content (AvgIpc) is 2.11. The van der Waals surface area contributed by atoms with E-state index in [1.165, 1.54) is 12.8 Å². The lowest BCUT2D eigenvalue weighted by Gasteiger charge is -2.25. The summed E-state index contributed by atoms with van der Waals surface area (Å²) in [7, 11) is 0. The van der Waals surface area contributed by atoms with Crippen LogP contribution in [0.25, 0.3) is 0 Å². The van der Waals surface area contributed by atoms with E-state index in [1.807, 2.05) is 6.08 Å². The average molecular weight is 171 g/mol. The molecule has 72 valence electrons. The second-order valence-corrected chi connectivity index (χ2v) is 3.09. The maximum absolute atomic E-state index is 8.80. The zero-order valence-electron chi connectivity index (χ0n) is 8.29. The van der Waals surface area contributed by atoms with Gasteiger partial charge in [0, 0.05) is 12.6 Å². The second-order valence-electron chi connectivity index (χ2n) is 3.09. The van der Waals surface area contributed by atoms with Crippen LogP contribution in [0.5, 0.6) is 0 Å². The van der Waals surface area contributed by atoms with Crippen molar-refractivity contribution in [2.24, 2.45) is 0 Å². The molecule has 0 aliphatic carbocycles. The Labute approximate surface area is 75.9 Å². The Kier molecular flexibility index (Phi) is 7.11. The lowest BCUT2D eigenvalue weighted by molar-refractivity contribution is 0.175. The maximum atomic E-state index is 8.80. The molecule has 0 aromatic carbocycles. The van der Waals surface area contributed by atoms with Crippen LogP contribution in [0.4, 0.5) is 0 Å². The Balaban J connectivity index is 3.75. The fourth-order valence-electron chi connectivity index (χ4n) is 1.16. The number of hydrogen-bond donors (Lipinski definition) is 1. The normalized spacial score (nSPS) is 13.3. The highest BCUT2D eigenvalue weighted by Crippen LogP contribution is 2.01. The summed E-state index contributed by atoms with van der Waals surface area (Å²) in [6.07, 6.45) is 4.31. The molecule has 1 atom stereocenters. The van der Waals surface area contributed by atoms with E-state index in [0.29, 0.717) is 6.04 Å². The van der Waals surface area contributed by atoms with Crippen LogP contribution in [0.3, 0.4) is 0 Å². The van der Waals surface area contributed by atoms with Gasteiger partial charge in [-0.05, 0) is 19.9 Å². The molecule has 0 aliphatic heterocycles. The third-order valence-electron chi connectivity index (χ3n) is 2.10. The van der Waals surface area contributed by atoms with Crippen LogP contribution < -0.4 is 0 Å². The Morgan fingerprint density at radius 3 is 2.58 bits per heavy atom. The number of hydrogen-bond acceptors (Lipinski definition) is 2. The molecule has 0 aliphatic rings. The summed E-state index contributed by atoms with van der Waals surface area (Å²) < 4.78 is 0. The van der Waals surface area contributed by atoms with Crippen molar-refractivity contribution in [3.63, 3.8) is 0 Å². The van der Waals surface area contributed by atoms with E-state index in [9.17, 15) is 0 Å². The Bertz CT molecular complexity index is 114. The molecule has 0 saturated heterocycles. The standard InChI is InChI=1S/C10H21NO/c1-4-6-7-11(8-9-12)10(3)5-2/h5,10,12H,2,4,6-9H2,1,3H3. The van der Waals surface area contributed by atoms with Gasteiger partial charge in [-0.25, -0.2) is 0 Å². The summed E-state index contributed by atoms with van der Waals surface area (Å²) in [5.74, 6) is 0. The molecule has 0 aromatic heterocycles. The summed E-state index contributed by atoms with van der Waals surface area (Å²) in [5.41, 5.74) is 0. The van der Waals surface area contributed by atoms with Crippen LogP contribution in [-0.4, -0.2) is 35.7 Å². The zero-order chi connectivity index (χ0) is 9.40. The van der Waals surface area contributed by atoms with Crippen molar-refractivity contribution in [2.45, 2.75) is 32.7 Å². The van der Waals surface area contributed by atoms with Gasteiger partial charge in [0.1, 0.15) is 0 Å². The SMILES string of the molecule is C=CC(C)N(CCO)CCCC. The number of nitrogens with zero attached hydrogens (tertiary/aromatic N) is 1. The van der Waals surface area contributed by atoms with Gasteiger partial charge in [0.25, 0.3) is 0 Å². The monoisotopic (exact) mass is 171 g/mol. The van der Waals surface area contributed by atoms with E-state index in [-0.39, 0.29) is 6.61 Å². The predicted molar refractivity (Wildman–Crippen MR) is 53.2 cm³/mol. The molecule has 1 unspecified atom stereocenters. The van der Waals surface area contributed by atoms with Crippen molar-refractivity contribution in [1.82, 2.24) is 4.90 Å². The van der Waals surface area contributed by atoms with Crippen LogP contribution in [0.2, 0.25) is 0 Å². The molecule has 0 fully saturated rings. The minimum atomic E-state index is 0.238. The van der Waals surface area contributed by atoms with E-state index in [1.54, 1.807) is 0 Å². The summed E-state index contributed by atoms with van der Waals surface area (Å²) in [4.78, 5) is 2.25. The highest BCUT2D eigenvalue weighted by Gasteiger charge is 2.08. The van der Waals surface area contributed by atoms with Crippen molar-refractivity contribution in [2.75, 3.05) is 19.7 Å². The van der Waals surface area contributed by atoms with Gasteiger partial charge in [-0.3, -0.25) is 4.90 Å². The first kappa shape index (κ1) is 11.7. The number of rotatable bonds is 7. The maximum Gasteiger partial charge on any atom is 0.0558 e. The third-order valence-corrected chi connectivity index (χ3v) is 2.10. The Morgan fingerprint density at radius 1 is 1.50 bits per heavy atom. The van der Waals surface area contributed by atoms with Gasteiger partial charge >= 0.3 is 0 Å². The number of aliphatic hydroxyl groups excluding tert-OH is 1. The van der Waals surface area contributed by atoms with E-state index in [2.05, 4.69) is 25.3 Å².